The van der Waals surface area contributed by atoms with Gasteiger partial charge in [-0.25, -0.2) is 4.68 Å². The molecule has 0 aliphatic heterocycles. The molecule has 110 valence electrons. The first-order valence-corrected chi connectivity index (χ1v) is 7.09. The maximum Gasteiger partial charge on any atom is 0.248 e. The molecule has 4 heteroatoms. The highest BCUT2D eigenvalue weighted by Crippen LogP contribution is 2.31. The number of benzene rings is 1. The lowest BCUT2D eigenvalue weighted by molar-refractivity contribution is -0.111. The Bertz CT molecular complexity index is 642. The highest BCUT2D eigenvalue weighted by molar-refractivity contribution is 6.01. The monoisotopic (exact) mass is 283 g/mol. The van der Waals surface area contributed by atoms with Crippen molar-refractivity contribution in [1.82, 2.24) is 9.78 Å². The molecule has 0 aliphatic rings. The number of rotatable bonds is 5. The van der Waals surface area contributed by atoms with Crippen LogP contribution in [0.3, 0.4) is 0 Å². The molecule has 1 amide bonds. The Labute approximate surface area is 125 Å². The summed E-state index contributed by atoms with van der Waals surface area (Å²) in [6.45, 7) is 10.5. The molecule has 0 saturated heterocycles. The topological polar surface area (TPSA) is 46.9 Å². The summed E-state index contributed by atoms with van der Waals surface area (Å²) in [6, 6.07) is 9.97. The van der Waals surface area contributed by atoms with Gasteiger partial charge in [0.05, 0.1) is 5.69 Å². The van der Waals surface area contributed by atoms with Crippen LogP contribution in [0, 0.1) is 12.8 Å². The Morgan fingerprint density at radius 2 is 2.05 bits per heavy atom. The molecule has 0 radical (unpaired) electrons. The fourth-order valence-corrected chi connectivity index (χ4v) is 2.30. The van der Waals surface area contributed by atoms with Crippen LogP contribution in [0.5, 0.6) is 0 Å². The van der Waals surface area contributed by atoms with Crippen LogP contribution in [-0.2, 0) is 11.3 Å². The van der Waals surface area contributed by atoms with Gasteiger partial charge in [-0.1, -0.05) is 50.8 Å². The highest BCUT2D eigenvalue weighted by atomic mass is 16.1. The first-order valence-electron chi connectivity index (χ1n) is 7.09. The number of aromatic nitrogens is 2. The van der Waals surface area contributed by atoms with Gasteiger partial charge in [-0.3, -0.25) is 4.79 Å². The predicted molar refractivity (Wildman–Crippen MR) is 86.1 cm³/mol. The highest BCUT2D eigenvalue weighted by Gasteiger charge is 2.18. The third kappa shape index (κ3) is 3.40. The molecule has 0 bridgehead atoms. The standard InChI is InChI=1S/C17H21N3O/c1-5-15(21)18-17-16(14-9-7-6-8-10-14)13(4)19-20(17)11-12(2)3/h5-10,12H,1,11H2,2-4H3,(H,18,21). The van der Waals surface area contributed by atoms with E-state index < -0.39 is 0 Å². The Hall–Kier alpha value is -2.36. The van der Waals surface area contributed by atoms with Crippen molar-refractivity contribution in [3.05, 3.63) is 48.7 Å². The lowest BCUT2D eigenvalue weighted by Crippen LogP contribution is -2.15. The van der Waals surface area contributed by atoms with Crippen LogP contribution in [0.25, 0.3) is 11.1 Å². The van der Waals surface area contributed by atoms with Crippen LogP contribution >= 0.6 is 0 Å². The van der Waals surface area contributed by atoms with E-state index >= 15 is 0 Å². The molecule has 4 nitrogen and oxygen atoms in total. The summed E-state index contributed by atoms with van der Waals surface area (Å²) < 4.78 is 1.86. The minimum absolute atomic E-state index is 0.225. The van der Waals surface area contributed by atoms with Gasteiger partial charge in [0, 0.05) is 12.1 Å². The van der Waals surface area contributed by atoms with Crippen molar-refractivity contribution < 1.29 is 4.79 Å². The van der Waals surface area contributed by atoms with Gasteiger partial charge >= 0.3 is 0 Å². The molecule has 0 aliphatic carbocycles. The molecule has 2 rings (SSSR count). The van der Waals surface area contributed by atoms with Crippen molar-refractivity contribution in [2.75, 3.05) is 5.32 Å². The molecule has 0 spiro atoms. The van der Waals surface area contributed by atoms with E-state index in [-0.39, 0.29) is 5.91 Å². The van der Waals surface area contributed by atoms with Crippen molar-refractivity contribution in [3.8, 4) is 11.1 Å². The van der Waals surface area contributed by atoms with E-state index in [9.17, 15) is 4.79 Å². The first kappa shape index (κ1) is 15.0. The maximum atomic E-state index is 11.7. The zero-order chi connectivity index (χ0) is 15.4. The van der Waals surface area contributed by atoms with Gasteiger partial charge in [-0.05, 0) is 24.5 Å². The quantitative estimate of drug-likeness (QED) is 0.852. The second-order valence-electron chi connectivity index (χ2n) is 5.44. The number of amides is 1. The Morgan fingerprint density at radius 1 is 1.38 bits per heavy atom. The summed E-state index contributed by atoms with van der Waals surface area (Å²) in [5.41, 5.74) is 2.91. The molecule has 0 atom stereocenters. The zero-order valence-corrected chi connectivity index (χ0v) is 12.8. The van der Waals surface area contributed by atoms with E-state index in [4.69, 9.17) is 0 Å². The summed E-state index contributed by atoms with van der Waals surface area (Å²) in [6.07, 6.45) is 1.27. The fourth-order valence-electron chi connectivity index (χ4n) is 2.30. The third-order valence-corrected chi connectivity index (χ3v) is 3.15. The number of hydrogen-bond donors (Lipinski definition) is 1. The van der Waals surface area contributed by atoms with Crippen LogP contribution in [-0.4, -0.2) is 15.7 Å². The Kier molecular flexibility index (Phi) is 4.58. The lowest BCUT2D eigenvalue weighted by Gasteiger charge is -2.12. The summed E-state index contributed by atoms with van der Waals surface area (Å²) in [7, 11) is 0. The van der Waals surface area contributed by atoms with E-state index in [0.717, 1.165) is 29.2 Å². The van der Waals surface area contributed by atoms with E-state index in [1.54, 1.807) is 0 Å². The molecular weight excluding hydrogens is 262 g/mol. The molecule has 1 aromatic heterocycles. The normalized spacial score (nSPS) is 10.7. The SMILES string of the molecule is C=CC(=O)Nc1c(-c2ccccc2)c(C)nn1CC(C)C. The van der Waals surface area contributed by atoms with Crippen molar-refractivity contribution in [2.24, 2.45) is 5.92 Å². The summed E-state index contributed by atoms with van der Waals surface area (Å²) in [4.78, 5) is 11.7. The van der Waals surface area contributed by atoms with Crippen LogP contribution < -0.4 is 5.32 Å². The van der Waals surface area contributed by atoms with E-state index in [1.807, 2.05) is 41.9 Å². The largest absolute Gasteiger partial charge is 0.307 e. The number of nitrogens with zero attached hydrogens (tertiary/aromatic N) is 2. The minimum atomic E-state index is -0.225. The van der Waals surface area contributed by atoms with E-state index in [0.29, 0.717) is 5.92 Å². The molecule has 1 N–H and O–H groups in total. The second kappa shape index (κ2) is 6.39. The molecule has 1 heterocycles. The molecule has 0 saturated carbocycles. The van der Waals surface area contributed by atoms with Gasteiger partial charge in [0.1, 0.15) is 5.82 Å². The first-order chi connectivity index (χ1) is 10.0. The van der Waals surface area contributed by atoms with Crippen molar-refractivity contribution in [3.63, 3.8) is 0 Å². The minimum Gasteiger partial charge on any atom is -0.307 e. The molecule has 0 unspecified atom stereocenters. The summed E-state index contributed by atoms with van der Waals surface area (Å²) in [5.74, 6) is 0.946. The van der Waals surface area contributed by atoms with Crippen LogP contribution in [0.4, 0.5) is 5.82 Å². The number of carbonyl (C=O) groups excluding carboxylic acids is 1. The van der Waals surface area contributed by atoms with Crippen LogP contribution in [0.1, 0.15) is 19.5 Å². The average Bonchev–Trinajstić information content (AvgIpc) is 2.74. The van der Waals surface area contributed by atoms with Gasteiger partial charge in [0.2, 0.25) is 5.91 Å². The average molecular weight is 283 g/mol. The molecule has 2 aromatic rings. The summed E-state index contributed by atoms with van der Waals surface area (Å²) in [5, 5.41) is 7.48. The predicted octanol–water partition coefficient (Wildman–Crippen LogP) is 3.64. The second-order valence-corrected chi connectivity index (χ2v) is 5.44. The number of carbonyl (C=O) groups is 1. The smallest absolute Gasteiger partial charge is 0.248 e. The van der Waals surface area contributed by atoms with Gasteiger partial charge in [-0.2, -0.15) is 5.10 Å². The zero-order valence-electron chi connectivity index (χ0n) is 12.8. The molecule has 21 heavy (non-hydrogen) atoms. The molecule has 0 fully saturated rings. The van der Waals surface area contributed by atoms with Gasteiger partial charge in [-0.15, -0.1) is 0 Å². The van der Waals surface area contributed by atoms with Crippen molar-refractivity contribution >= 4 is 11.7 Å². The summed E-state index contributed by atoms with van der Waals surface area (Å²) >= 11 is 0. The lowest BCUT2D eigenvalue weighted by atomic mass is 10.1. The molecule has 1 aromatic carbocycles. The Balaban J connectivity index is 2.54. The van der Waals surface area contributed by atoms with Gasteiger partial charge in [0.15, 0.2) is 0 Å². The van der Waals surface area contributed by atoms with E-state index in [1.165, 1.54) is 6.08 Å². The number of aryl methyl sites for hydroxylation is 1. The maximum absolute atomic E-state index is 11.7. The number of nitrogens with one attached hydrogen (secondary N) is 1. The van der Waals surface area contributed by atoms with Gasteiger partial charge < -0.3 is 5.32 Å². The fraction of sp³-hybridized carbons (Fsp3) is 0.294. The van der Waals surface area contributed by atoms with Crippen molar-refractivity contribution in [1.29, 1.82) is 0 Å². The van der Waals surface area contributed by atoms with Gasteiger partial charge in [0.25, 0.3) is 0 Å². The number of anilines is 1. The molecular formula is C17H21N3O. The van der Waals surface area contributed by atoms with E-state index in [2.05, 4.69) is 30.8 Å². The van der Waals surface area contributed by atoms with Crippen LogP contribution in [0.15, 0.2) is 43.0 Å². The third-order valence-electron chi connectivity index (χ3n) is 3.15. The Morgan fingerprint density at radius 3 is 2.62 bits per heavy atom. The van der Waals surface area contributed by atoms with Crippen LogP contribution in [0.2, 0.25) is 0 Å². The number of hydrogen-bond acceptors (Lipinski definition) is 2. The van der Waals surface area contributed by atoms with Crippen molar-refractivity contribution in [2.45, 2.75) is 27.3 Å².